The lowest BCUT2D eigenvalue weighted by molar-refractivity contribution is -0.145. The van der Waals surface area contributed by atoms with Crippen molar-refractivity contribution in [3.8, 4) is 5.75 Å². The van der Waals surface area contributed by atoms with Crippen LogP contribution in [0.4, 0.5) is 0 Å². The van der Waals surface area contributed by atoms with Crippen molar-refractivity contribution in [2.75, 3.05) is 19.7 Å². The molecule has 0 saturated carbocycles. The molecule has 5 rings (SSSR count). The Hall–Kier alpha value is -3.97. The molecule has 0 radical (unpaired) electrons. The monoisotopic (exact) mass is 484 g/mol. The van der Waals surface area contributed by atoms with Crippen LogP contribution >= 0.6 is 0 Å². The fourth-order valence-electron chi connectivity index (χ4n) is 4.76. The van der Waals surface area contributed by atoms with Crippen LogP contribution < -0.4 is 10.1 Å². The predicted molar refractivity (Wildman–Crippen MR) is 134 cm³/mol. The van der Waals surface area contributed by atoms with E-state index in [4.69, 9.17) is 9.47 Å². The number of benzene rings is 3. The minimum atomic E-state index is -0.267. The number of amides is 2. The second-order valence-corrected chi connectivity index (χ2v) is 8.95. The average molecular weight is 485 g/mol. The maximum atomic E-state index is 12.9. The van der Waals surface area contributed by atoms with Gasteiger partial charge in [0.1, 0.15) is 12.4 Å². The van der Waals surface area contributed by atoms with E-state index in [0.29, 0.717) is 29.9 Å². The Labute approximate surface area is 210 Å². The average Bonchev–Trinajstić information content (AvgIpc) is 3.15. The van der Waals surface area contributed by atoms with Gasteiger partial charge in [0.25, 0.3) is 11.8 Å². The molecule has 1 unspecified atom stereocenters. The molecule has 0 aromatic heterocycles. The summed E-state index contributed by atoms with van der Waals surface area (Å²) in [6, 6.07) is 22.2. The molecule has 36 heavy (non-hydrogen) atoms. The summed E-state index contributed by atoms with van der Waals surface area (Å²) >= 11 is 0. The highest BCUT2D eigenvalue weighted by molar-refractivity contribution is 6.21. The molecule has 0 fully saturated rings. The number of nitrogens with zero attached hydrogens (tertiary/aromatic N) is 1. The van der Waals surface area contributed by atoms with Crippen molar-refractivity contribution in [1.82, 2.24) is 10.2 Å². The van der Waals surface area contributed by atoms with E-state index in [1.807, 2.05) is 42.5 Å². The minimum absolute atomic E-state index is 0.228. The van der Waals surface area contributed by atoms with Crippen LogP contribution in [0.15, 0.2) is 72.8 Å². The number of esters is 1. The molecule has 3 aromatic rings. The highest BCUT2D eigenvalue weighted by atomic mass is 16.5. The van der Waals surface area contributed by atoms with E-state index in [2.05, 4.69) is 11.4 Å². The number of hydrogen-bond acceptors (Lipinski definition) is 6. The second-order valence-electron chi connectivity index (χ2n) is 8.95. The smallest absolute Gasteiger partial charge is 0.306 e. The van der Waals surface area contributed by atoms with E-state index < -0.39 is 0 Å². The van der Waals surface area contributed by atoms with Crippen LogP contribution in [0.1, 0.15) is 56.3 Å². The van der Waals surface area contributed by atoms with E-state index in [1.54, 1.807) is 24.3 Å². The molecule has 184 valence electrons. The summed E-state index contributed by atoms with van der Waals surface area (Å²) in [5, 5.41) is 3.45. The van der Waals surface area contributed by atoms with Crippen molar-refractivity contribution in [3.63, 3.8) is 0 Å². The standard InChI is InChI=1S/C29H28N2O5/c32-26(36-19-20-8-2-1-3-9-20)14-7-17-35-25-13-6-10-21-15-16-30-24(27(21)25)18-31-28(33)22-11-4-5-12-23(22)29(31)34/h1-6,8-13,24,30H,7,14-19H2. The molecule has 3 aromatic carbocycles. The van der Waals surface area contributed by atoms with Crippen LogP contribution in [0.5, 0.6) is 5.75 Å². The Balaban J connectivity index is 1.20. The molecular weight excluding hydrogens is 456 g/mol. The van der Waals surface area contributed by atoms with Crippen molar-refractivity contribution in [1.29, 1.82) is 0 Å². The number of carbonyl (C=O) groups excluding carboxylic acids is 3. The first kappa shape index (κ1) is 23.8. The van der Waals surface area contributed by atoms with Gasteiger partial charge in [-0.15, -0.1) is 0 Å². The third kappa shape index (κ3) is 5.02. The fraction of sp³-hybridized carbons (Fsp3) is 0.276. The van der Waals surface area contributed by atoms with Gasteiger partial charge < -0.3 is 14.8 Å². The first-order chi connectivity index (χ1) is 17.6. The summed E-state index contributed by atoms with van der Waals surface area (Å²) in [5.74, 6) is -0.0875. The molecule has 0 saturated heterocycles. The molecule has 1 atom stereocenters. The summed E-state index contributed by atoms with van der Waals surface area (Å²) in [7, 11) is 0. The summed E-state index contributed by atoms with van der Waals surface area (Å²) in [5.41, 5.74) is 3.95. The van der Waals surface area contributed by atoms with Gasteiger partial charge in [-0.2, -0.15) is 0 Å². The minimum Gasteiger partial charge on any atom is -0.493 e. The van der Waals surface area contributed by atoms with E-state index in [-0.39, 0.29) is 43.4 Å². The predicted octanol–water partition coefficient (Wildman–Crippen LogP) is 4.07. The Bertz CT molecular complexity index is 1240. The largest absolute Gasteiger partial charge is 0.493 e. The molecule has 7 heteroatoms. The summed E-state index contributed by atoms with van der Waals surface area (Å²) in [4.78, 5) is 39.2. The van der Waals surface area contributed by atoms with Crippen molar-refractivity contribution in [2.45, 2.75) is 31.9 Å². The molecule has 0 bridgehead atoms. The topological polar surface area (TPSA) is 84.9 Å². The quantitative estimate of drug-likeness (QED) is 0.280. The Morgan fingerprint density at radius 2 is 1.64 bits per heavy atom. The van der Waals surface area contributed by atoms with Crippen LogP contribution in [0.3, 0.4) is 0 Å². The van der Waals surface area contributed by atoms with Crippen LogP contribution in [0.2, 0.25) is 0 Å². The normalized spacial score (nSPS) is 16.4. The van der Waals surface area contributed by atoms with Gasteiger partial charge in [-0.1, -0.05) is 54.6 Å². The first-order valence-electron chi connectivity index (χ1n) is 12.2. The van der Waals surface area contributed by atoms with Gasteiger partial charge in [0.05, 0.1) is 23.8 Å². The number of nitrogens with one attached hydrogen (secondary N) is 1. The van der Waals surface area contributed by atoms with Crippen molar-refractivity contribution in [2.24, 2.45) is 0 Å². The molecule has 2 aliphatic rings. The van der Waals surface area contributed by atoms with E-state index in [1.165, 1.54) is 4.90 Å². The molecule has 7 nitrogen and oxygen atoms in total. The van der Waals surface area contributed by atoms with Crippen molar-refractivity contribution < 1.29 is 23.9 Å². The highest BCUT2D eigenvalue weighted by Gasteiger charge is 2.38. The Morgan fingerprint density at radius 3 is 2.39 bits per heavy atom. The number of hydrogen-bond donors (Lipinski definition) is 1. The maximum absolute atomic E-state index is 12.9. The zero-order valence-corrected chi connectivity index (χ0v) is 19.9. The molecule has 0 spiro atoms. The first-order valence-corrected chi connectivity index (χ1v) is 12.2. The molecule has 2 heterocycles. The SMILES string of the molecule is O=C(CCCOc1cccc2c1C(CN1C(=O)c3ccccc3C1=O)NCC2)OCc1ccccc1. The van der Waals surface area contributed by atoms with Gasteiger partial charge >= 0.3 is 5.97 Å². The zero-order valence-electron chi connectivity index (χ0n) is 19.9. The van der Waals surface area contributed by atoms with Crippen molar-refractivity contribution >= 4 is 17.8 Å². The molecule has 2 amide bonds. The summed E-state index contributed by atoms with van der Waals surface area (Å²) < 4.78 is 11.4. The fourth-order valence-corrected chi connectivity index (χ4v) is 4.76. The van der Waals surface area contributed by atoms with E-state index >= 15 is 0 Å². The van der Waals surface area contributed by atoms with E-state index in [9.17, 15) is 14.4 Å². The highest BCUT2D eigenvalue weighted by Crippen LogP contribution is 2.34. The number of rotatable bonds is 9. The number of carbonyl (C=O) groups is 3. The number of fused-ring (bicyclic) bond motifs is 2. The molecule has 1 N–H and O–H groups in total. The molecule has 2 aliphatic heterocycles. The second kappa shape index (κ2) is 10.7. The lowest BCUT2D eigenvalue weighted by Gasteiger charge is -2.31. The maximum Gasteiger partial charge on any atom is 0.306 e. The number of ether oxygens (including phenoxy) is 2. The zero-order chi connectivity index (χ0) is 24.9. The Kier molecular flexibility index (Phi) is 7.09. The van der Waals surface area contributed by atoms with Gasteiger partial charge in [-0.3, -0.25) is 19.3 Å². The number of imide groups is 1. The van der Waals surface area contributed by atoms with Gasteiger partial charge in [0, 0.05) is 18.5 Å². The summed E-state index contributed by atoms with van der Waals surface area (Å²) in [6.07, 6.45) is 1.61. The third-order valence-corrected chi connectivity index (χ3v) is 6.56. The van der Waals surface area contributed by atoms with Crippen molar-refractivity contribution in [3.05, 3.63) is 101 Å². The third-order valence-electron chi connectivity index (χ3n) is 6.56. The lowest BCUT2D eigenvalue weighted by atomic mass is 9.93. The van der Waals surface area contributed by atoms with Crippen LogP contribution in [0.25, 0.3) is 0 Å². The van der Waals surface area contributed by atoms with Gasteiger partial charge in [0.15, 0.2) is 0 Å². The van der Waals surface area contributed by atoms with Gasteiger partial charge in [-0.25, -0.2) is 0 Å². The Morgan fingerprint density at radius 1 is 0.917 bits per heavy atom. The van der Waals surface area contributed by atoms with Crippen LogP contribution in [-0.2, 0) is 22.6 Å². The van der Waals surface area contributed by atoms with E-state index in [0.717, 1.165) is 29.7 Å². The van der Waals surface area contributed by atoms with Gasteiger partial charge in [0.2, 0.25) is 0 Å². The van der Waals surface area contributed by atoms with Crippen LogP contribution in [0, 0.1) is 0 Å². The molecular formula is C29H28N2O5. The summed E-state index contributed by atoms with van der Waals surface area (Å²) in [6.45, 7) is 1.59. The van der Waals surface area contributed by atoms with Crippen LogP contribution in [-0.4, -0.2) is 42.4 Å². The van der Waals surface area contributed by atoms with Gasteiger partial charge in [-0.05, 0) is 48.7 Å². The molecule has 0 aliphatic carbocycles. The lowest BCUT2D eigenvalue weighted by Crippen LogP contribution is -2.41.